The van der Waals surface area contributed by atoms with E-state index in [1.807, 2.05) is 13.0 Å². The molecular weight excluding hydrogens is 291 g/mol. The summed E-state index contributed by atoms with van der Waals surface area (Å²) in [5.41, 5.74) is 1.08. The summed E-state index contributed by atoms with van der Waals surface area (Å²) in [6.45, 7) is 1.89. The fourth-order valence-electron chi connectivity index (χ4n) is 1.94. The SMILES string of the molecule is COc1ccc(F)cc1C(=O)CS(=O)c1cccc(C)c1. The van der Waals surface area contributed by atoms with Crippen molar-refractivity contribution in [3.05, 3.63) is 59.4 Å². The van der Waals surface area contributed by atoms with E-state index in [2.05, 4.69) is 0 Å². The molecule has 0 heterocycles. The molecule has 0 spiro atoms. The lowest BCUT2D eigenvalue weighted by Gasteiger charge is -2.08. The number of methoxy groups -OCH3 is 1. The van der Waals surface area contributed by atoms with Crippen molar-refractivity contribution in [2.24, 2.45) is 0 Å². The molecule has 2 rings (SSSR count). The Morgan fingerprint density at radius 3 is 2.67 bits per heavy atom. The molecule has 21 heavy (non-hydrogen) atoms. The van der Waals surface area contributed by atoms with Gasteiger partial charge in [-0.3, -0.25) is 9.00 Å². The van der Waals surface area contributed by atoms with E-state index in [-0.39, 0.29) is 17.1 Å². The number of hydrogen-bond acceptors (Lipinski definition) is 3. The van der Waals surface area contributed by atoms with Crippen LogP contribution in [0.2, 0.25) is 0 Å². The van der Waals surface area contributed by atoms with Crippen molar-refractivity contribution in [3.63, 3.8) is 0 Å². The minimum absolute atomic E-state index is 0.110. The molecule has 0 bridgehead atoms. The van der Waals surface area contributed by atoms with Gasteiger partial charge in [-0.05, 0) is 42.8 Å². The maximum absolute atomic E-state index is 13.3. The summed E-state index contributed by atoms with van der Waals surface area (Å²) in [6, 6.07) is 10.9. The summed E-state index contributed by atoms with van der Waals surface area (Å²) >= 11 is 0. The summed E-state index contributed by atoms with van der Waals surface area (Å²) in [5, 5.41) is 0. The van der Waals surface area contributed by atoms with Gasteiger partial charge in [0.2, 0.25) is 0 Å². The number of carbonyl (C=O) groups excluding carboxylic acids is 1. The van der Waals surface area contributed by atoms with Gasteiger partial charge in [0.15, 0.2) is 5.78 Å². The number of Topliss-reactive ketones (excluding diaryl/α,β-unsaturated/α-hetero) is 1. The Bertz CT molecular complexity index is 698. The Morgan fingerprint density at radius 1 is 1.24 bits per heavy atom. The number of rotatable bonds is 5. The molecule has 110 valence electrons. The summed E-state index contributed by atoms with van der Waals surface area (Å²) in [4.78, 5) is 12.8. The van der Waals surface area contributed by atoms with Gasteiger partial charge in [-0.2, -0.15) is 0 Å². The Kier molecular flexibility index (Phi) is 4.85. The van der Waals surface area contributed by atoms with Crippen LogP contribution in [-0.4, -0.2) is 22.9 Å². The van der Waals surface area contributed by atoms with Gasteiger partial charge in [-0.1, -0.05) is 12.1 Å². The van der Waals surface area contributed by atoms with E-state index in [0.29, 0.717) is 4.90 Å². The van der Waals surface area contributed by atoms with Crippen LogP contribution in [0.3, 0.4) is 0 Å². The lowest BCUT2D eigenvalue weighted by atomic mass is 10.1. The maximum Gasteiger partial charge on any atom is 0.179 e. The fourth-order valence-corrected chi connectivity index (χ4v) is 3.04. The molecule has 0 saturated carbocycles. The van der Waals surface area contributed by atoms with Crippen LogP contribution in [-0.2, 0) is 10.8 Å². The lowest BCUT2D eigenvalue weighted by Crippen LogP contribution is -2.12. The molecule has 1 unspecified atom stereocenters. The first-order valence-corrected chi connectivity index (χ1v) is 7.65. The van der Waals surface area contributed by atoms with Crippen LogP contribution in [0, 0.1) is 12.7 Å². The average Bonchev–Trinajstić information content (AvgIpc) is 2.47. The molecule has 0 saturated heterocycles. The van der Waals surface area contributed by atoms with Crippen LogP contribution in [0.15, 0.2) is 47.4 Å². The number of aryl methyl sites for hydroxylation is 1. The van der Waals surface area contributed by atoms with Crippen LogP contribution in [0.25, 0.3) is 0 Å². The molecule has 3 nitrogen and oxygen atoms in total. The van der Waals surface area contributed by atoms with Gasteiger partial charge in [0.05, 0.1) is 29.2 Å². The van der Waals surface area contributed by atoms with E-state index in [9.17, 15) is 13.4 Å². The highest BCUT2D eigenvalue weighted by molar-refractivity contribution is 7.85. The van der Waals surface area contributed by atoms with Crippen molar-refractivity contribution in [2.75, 3.05) is 12.9 Å². The normalized spacial score (nSPS) is 12.0. The van der Waals surface area contributed by atoms with Gasteiger partial charge in [-0.15, -0.1) is 0 Å². The van der Waals surface area contributed by atoms with E-state index in [1.165, 1.54) is 19.2 Å². The predicted molar refractivity (Wildman–Crippen MR) is 79.7 cm³/mol. The van der Waals surface area contributed by atoms with Crippen molar-refractivity contribution in [1.82, 2.24) is 0 Å². The van der Waals surface area contributed by atoms with Crippen LogP contribution < -0.4 is 4.74 Å². The van der Waals surface area contributed by atoms with E-state index in [4.69, 9.17) is 4.74 Å². The zero-order valence-electron chi connectivity index (χ0n) is 11.8. The van der Waals surface area contributed by atoms with Crippen molar-refractivity contribution in [2.45, 2.75) is 11.8 Å². The van der Waals surface area contributed by atoms with Crippen molar-refractivity contribution in [3.8, 4) is 5.75 Å². The monoisotopic (exact) mass is 306 g/mol. The van der Waals surface area contributed by atoms with Gasteiger partial charge in [-0.25, -0.2) is 4.39 Å². The molecule has 0 N–H and O–H groups in total. The van der Waals surface area contributed by atoms with Crippen LogP contribution in [0.5, 0.6) is 5.75 Å². The molecule has 0 aromatic heterocycles. The van der Waals surface area contributed by atoms with Gasteiger partial charge < -0.3 is 4.74 Å². The fraction of sp³-hybridized carbons (Fsp3) is 0.188. The van der Waals surface area contributed by atoms with E-state index in [0.717, 1.165) is 11.6 Å². The second-order valence-electron chi connectivity index (χ2n) is 4.57. The third-order valence-electron chi connectivity index (χ3n) is 2.98. The van der Waals surface area contributed by atoms with Crippen molar-refractivity contribution < 1.29 is 18.1 Å². The molecule has 0 aliphatic rings. The minimum atomic E-state index is -1.47. The third kappa shape index (κ3) is 3.76. The first kappa shape index (κ1) is 15.4. The molecule has 1 atom stereocenters. The molecule has 0 fully saturated rings. The van der Waals surface area contributed by atoms with Crippen molar-refractivity contribution in [1.29, 1.82) is 0 Å². The Labute approximate surface area is 125 Å². The standard InChI is InChI=1S/C16H15FO3S/c1-11-4-3-5-13(8-11)21(19)10-15(18)14-9-12(17)6-7-16(14)20-2/h3-9H,10H2,1-2H3. The van der Waals surface area contributed by atoms with E-state index >= 15 is 0 Å². The Balaban J connectivity index is 2.22. The Morgan fingerprint density at radius 2 is 2.00 bits per heavy atom. The molecule has 2 aromatic rings. The van der Waals surface area contributed by atoms with Gasteiger partial charge >= 0.3 is 0 Å². The highest BCUT2D eigenvalue weighted by Crippen LogP contribution is 2.21. The number of carbonyl (C=O) groups is 1. The molecule has 2 aromatic carbocycles. The number of ether oxygens (including phenoxy) is 1. The van der Waals surface area contributed by atoms with Crippen LogP contribution in [0.1, 0.15) is 15.9 Å². The number of halogens is 1. The Hall–Kier alpha value is -2.01. The molecule has 5 heteroatoms. The summed E-state index contributed by atoms with van der Waals surface area (Å²) < 4.78 is 30.5. The lowest BCUT2D eigenvalue weighted by molar-refractivity contribution is 0.101. The number of benzene rings is 2. The topological polar surface area (TPSA) is 43.4 Å². The summed E-state index contributed by atoms with van der Waals surface area (Å²) in [5.74, 6) is -0.863. The number of hydrogen-bond donors (Lipinski definition) is 0. The third-order valence-corrected chi connectivity index (χ3v) is 4.28. The average molecular weight is 306 g/mol. The molecule has 0 aliphatic carbocycles. The zero-order valence-corrected chi connectivity index (χ0v) is 12.6. The largest absolute Gasteiger partial charge is 0.496 e. The highest BCUT2D eigenvalue weighted by atomic mass is 32.2. The molecule has 0 aliphatic heterocycles. The van der Waals surface area contributed by atoms with Crippen LogP contribution in [0.4, 0.5) is 4.39 Å². The smallest absolute Gasteiger partial charge is 0.179 e. The number of ketones is 1. The second-order valence-corrected chi connectivity index (χ2v) is 6.03. The summed E-state index contributed by atoms with van der Waals surface area (Å²) in [7, 11) is -0.0644. The summed E-state index contributed by atoms with van der Waals surface area (Å²) in [6.07, 6.45) is 0. The zero-order chi connectivity index (χ0) is 15.4. The first-order chi connectivity index (χ1) is 10.0. The maximum atomic E-state index is 13.3. The highest BCUT2D eigenvalue weighted by Gasteiger charge is 2.17. The van der Waals surface area contributed by atoms with E-state index in [1.54, 1.807) is 18.2 Å². The van der Waals surface area contributed by atoms with Crippen molar-refractivity contribution >= 4 is 16.6 Å². The predicted octanol–water partition coefficient (Wildman–Crippen LogP) is 3.13. The van der Waals surface area contributed by atoms with Gasteiger partial charge in [0, 0.05) is 4.90 Å². The van der Waals surface area contributed by atoms with E-state index < -0.39 is 22.4 Å². The van der Waals surface area contributed by atoms with Gasteiger partial charge in [0.25, 0.3) is 0 Å². The molecule has 0 amide bonds. The first-order valence-electron chi connectivity index (χ1n) is 6.33. The molecular formula is C16H15FO3S. The molecule has 0 radical (unpaired) electrons. The quantitative estimate of drug-likeness (QED) is 0.797. The van der Waals surface area contributed by atoms with Gasteiger partial charge in [0.1, 0.15) is 11.6 Å². The minimum Gasteiger partial charge on any atom is -0.496 e. The van der Waals surface area contributed by atoms with Crippen LogP contribution >= 0.6 is 0 Å². The second kappa shape index (κ2) is 6.63.